The van der Waals surface area contributed by atoms with Crippen LogP contribution in [0.25, 0.3) is 16.9 Å². The van der Waals surface area contributed by atoms with Gasteiger partial charge < -0.3 is 15.4 Å². The summed E-state index contributed by atoms with van der Waals surface area (Å²) in [5, 5.41) is 10.5. The fourth-order valence-corrected chi connectivity index (χ4v) is 3.15. The maximum atomic E-state index is 11.9. The number of amides is 1. The molecule has 2 aromatic heterocycles. The fraction of sp³-hybridized carbons (Fsp3) is 0.278. The summed E-state index contributed by atoms with van der Waals surface area (Å²) in [4.78, 5) is 16.4. The lowest BCUT2D eigenvalue weighted by Crippen LogP contribution is -2.18. The first-order valence-corrected chi connectivity index (χ1v) is 8.94. The molecule has 0 saturated heterocycles. The monoisotopic (exact) mass is 417 g/mol. The number of nitrogens with zero attached hydrogens (tertiary/aromatic N) is 3. The number of hydrogen-bond acceptors (Lipinski definition) is 5. The minimum Gasteiger partial charge on any atom is -0.383 e. The summed E-state index contributed by atoms with van der Waals surface area (Å²) in [6, 6.07) is 7.58. The Balaban J connectivity index is 2.03. The van der Waals surface area contributed by atoms with Crippen LogP contribution in [-0.4, -0.2) is 47.8 Å². The average Bonchev–Trinajstić information content (AvgIpc) is 3.05. The Labute approximate surface area is 159 Å². The predicted molar refractivity (Wildman–Crippen MR) is 105 cm³/mol. The third kappa shape index (κ3) is 3.56. The first-order valence-electron chi connectivity index (χ1n) is 8.15. The molecule has 0 atom stereocenters. The molecule has 0 bridgehead atoms. The van der Waals surface area contributed by atoms with E-state index in [1.54, 1.807) is 24.9 Å². The van der Waals surface area contributed by atoms with E-state index in [1.807, 2.05) is 31.2 Å². The molecule has 0 unspecified atom stereocenters. The van der Waals surface area contributed by atoms with Crippen LogP contribution in [0.15, 0.2) is 35.1 Å². The molecule has 0 aliphatic carbocycles. The number of rotatable bonds is 6. The summed E-state index contributed by atoms with van der Waals surface area (Å²) in [5.41, 5.74) is 4.94. The van der Waals surface area contributed by atoms with E-state index in [4.69, 9.17) is 4.74 Å². The van der Waals surface area contributed by atoms with E-state index in [2.05, 4.69) is 36.6 Å². The number of aryl methyl sites for hydroxylation is 1. The van der Waals surface area contributed by atoms with E-state index in [0.717, 1.165) is 28.2 Å². The standard InChI is InChI=1S/C18H20BrN5O2/c1-11-8-12(4-5-13(11)18(25)20-2)15-10-22-17-14(21-6-7-26-3)9-16(19)23-24(15)17/h4-5,8-10,21H,6-7H2,1-3H3,(H,20,25). The van der Waals surface area contributed by atoms with Crippen molar-refractivity contribution in [2.75, 3.05) is 32.6 Å². The number of aromatic nitrogens is 3. The predicted octanol–water partition coefficient (Wildman–Crippen LogP) is 2.89. The fourth-order valence-electron chi connectivity index (χ4n) is 2.77. The maximum Gasteiger partial charge on any atom is 0.251 e. The first kappa shape index (κ1) is 18.3. The van der Waals surface area contributed by atoms with Gasteiger partial charge in [-0.25, -0.2) is 9.50 Å². The van der Waals surface area contributed by atoms with E-state index < -0.39 is 0 Å². The van der Waals surface area contributed by atoms with E-state index in [0.29, 0.717) is 23.3 Å². The highest BCUT2D eigenvalue weighted by atomic mass is 79.9. The van der Waals surface area contributed by atoms with Crippen LogP contribution < -0.4 is 10.6 Å². The molecular weight excluding hydrogens is 398 g/mol. The lowest BCUT2D eigenvalue weighted by molar-refractivity contribution is 0.0962. The minimum atomic E-state index is -0.0994. The van der Waals surface area contributed by atoms with E-state index in [1.165, 1.54) is 0 Å². The van der Waals surface area contributed by atoms with Crippen molar-refractivity contribution in [2.24, 2.45) is 0 Å². The second-order valence-electron chi connectivity index (χ2n) is 5.79. The van der Waals surface area contributed by atoms with Gasteiger partial charge in [0.15, 0.2) is 5.65 Å². The number of carbonyl (C=O) groups is 1. The molecule has 2 N–H and O–H groups in total. The number of fused-ring (bicyclic) bond motifs is 1. The molecule has 26 heavy (non-hydrogen) atoms. The van der Waals surface area contributed by atoms with Crippen LogP contribution in [0.2, 0.25) is 0 Å². The third-order valence-corrected chi connectivity index (χ3v) is 4.44. The van der Waals surface area contributed by atoms with Crippen molar-refractivity contribution in [1.82, 2.24) is 19.9 Å². The van der Waals surface area contributed by atoms with Crippen LogP contribution in [0.1, 0.15) is 15.9 Å². The van der Waals surface area contributed by atoms with Gasteiger partial charge in [0.25, 0.3) is 5.91 Å². The number of hydrogen-bond donors (Lipinski definition) is 2. The molecule has 0 spiro atoms. The van der Waals surface area contributed by atoms with Gasteiger partial charge >= 0.3 is 0 Å². The van der Waals surface area contributed by atoms with Crippen molar-refractivity contribution < 1.29 is 9.53 Å². The van der Waals surface area contributed by atoms with Gasteiger partial charge in [-0.1, -0.05) is 6.07 Å². The van der Waals surface area contributed by atoms with Crippen LogP contribution in [0, 0.1) is 6.92 Å². The molecular formula is C18H20BrN5O2. The van der Waals surface area contributed by atoms with Gasteiger partial charge in [0.1, 0.15) is 4.60 Å². The Hall–Kier alpha value is -2.45. The van der Waals surface area contributed by atoms with Crippen LogP contribution in [0.3, 0.4) is 0 Å². The number of imidazole rings is 1. The molecule has 8 heteroatoms. The molecule has 0 saturated carbocycles. The van der Waals surface area contributed by atoms with Crippen molar-refractivity contribution in [1.29, 1.82) is 0 Å². The van der Waals surface area contributed by atoms with Gasteiger partial charge in [0, 0.05) is 31.8 Å². The Morgan fingerprint density at radius 1 is 1.35 bits per heavy atom. The normalized spacial score (nSPS) is 10.9. The summed E-state index contributed by atoms with van der Waals surface area (Å²) >= 11 is 3.45. The molecule has 3 aromatic rings. The number of ether oxygens (including phenoxy) is 1. The Bertz CT molecular complexity index is 954. The first-order chi connectivity index (χ1) is 12.5. The number of carbonyl (C=O) groups excluding carboxylic acids is 1. The lowest BCUT2D eigenvalue weighted by Gasteiger charge is -2.10. The quantitative estimate of drug-likeness (QED) is 0.602. The summed E-state index contributed by atoms with van der Waals surface area (Å²) < 4.78 is 7.57. The zero-order valence-corrected chi connectivity index (χ0v) is 16.4. The Morgan fingerprint density at radius 2 is 2.15 bits per heavy atom. The van der Waals surface area contributed by atoms with Crippen LogP contribution >= 0.6 is 15.9 Å². The van der Waals surface area contributed by atoms with Gasteiger partial charge in [-0.05, 0) is 46.6 Å². The van der Waals surface area contributed by atoms with Gasteiger partial charge in [-0.3, -0.25) is 4.79 Å². The zero-order chi connectivity index (χ0) is 18.7. The molecule has 3 rings (SSSR count). The smallest absolute Gasteiger partial charge is 0.251 e. The van der Waals surface area contributed by atoms with Gasteiger partial charge in [-0.15, -0.1) is 0 Å². The maximum absolute atomic E-state index is 11.9. The number of nitrogens with one attached hydrogen (secondary N) is 2. The van der Waals surface area contributed by atoms with Crippen LogP contribution in [-0.2, 0) is 4.74 Å². The Morgan fingerprint density at radius 3 is 2.85 bits per heavy atom. The molecule has 136 valence electrons. The van der Waals surface area contributed by atoms with Crippen LogP contribution in [0.5, 0.6) is 0 Å². The zero-order valence-electron chi connectivity index (χ0n) is 14.8. The number of halogens is 1. The van der Waals surface area contributed by atoms with Crippen molar-refractivity contribution in [3.05, 3.63) is 46.2 Å². The van der Waals surface area contributed by atoms with E-state index in [9.17, 15) is 4.79 Å². The second-order valence-corrected chi connectivity index (χ2v) is 6.60. The summed E-state index contributed by atoms with van der Waals surface area (Å²) in [6.45, 7) is 3.18. The summed E-state index contributed by atoms with van der Waals surface area (Å²) in [6.07, 6.45) is 1.78. The molecule has 0 fully saturated rings. The molecule has 2 heterocycles. The second kappa shape index (κ2) is 7.84. The van der Waals surface area contributed by atoms with Crippen molar-refractivity contribution >= 4 is 33.2 Å². The highest BCUT2D eigenvalue weighted by Crippen LogP contribution is 2.27. The van der Waals surface area contributed by atoms with E-state index >= 15 is 0 Å². The van der Waals surface area contributed by atoms with E-state index in [-0.39, 0.29) is 5.91 Å². The Kier molecular flexibility index (Phi) is 5.53. The number of anilines is 1. The SMILES string of the molecule is CNC(=O)c1ccc(-c2cnc3c(NCCOC)cc(Br)nn23)cc1C. The third-order valence-electron chi connectivity index (χ3n) is 4.05. The molecule has 1 aromatic carbocycles. The molecule has 0 aliphatic rings. The van der Waals surface area contributed by atoms with Gasteiger partial charge in [0.2, 0.25) is 0 Å². The molecule has 0 radical (unpaired) electrons. The number of methoxy groups -OCH3 is 1. The lowest BCUT2D eigenvalue weighted by atomic mass is 10.0. The topological polar surface area (TPSA) is 80.5 Å². The highest BCUT2D eigenvalue weighted by Gasteiger charge is 2.14. The average molecular weight is 418 g/mol. The molecule has 0 aliphatic heterocycles. The molecule has 1 amide bonds. The molecule has 7 nitrogen and oxygen atoms in total. The van der Waals surface area contributed by atoms with Crippen molar-refractivity contribution in [3.8, 4) is 11.3 Å². The highest BCUT2D eigenvalue weighted by molar-refractivity contribution is 9.10. The largest absolute Gasteiger partial charge is 0.383 e. The summed E-state index contributed by atoms with van der Waals surface area (Å²) in [5.74, 6) is -0.0994. The number of benzene rings is 1. The van der Waals surface area contributed by atoms with Gasteiger partial charge in [0.05, 0.1) is 24.2 Å². The summed E-state index contributed by atoms with van der Waals surface area (Å²) in [7, 11) is 3.29. The van der Waals surface area contributed by atoms with Crippen molar-refractivity contribution in [3.63, 3.8) is 0 Å². The minimum absolute atomic E-state index is 0.0994. The van der Waals surface area contributed by atoms with Crippen molar-refractivity contribution in [2.45, 2.75) is 6.92 Å². The van der Waals surface area contributed by atoms with Crippen LogP contribution in [0.4, 0.5) is 5.69 Å². The van der Waals surface area contributed by atoms with Gasteiger partial charge in [-0.2, -0.15) is 5.10 Å².